The van der Waals surface area contributed by atoms with Crippen LogP contribution in [0.25, 0.3) is 22.2 Å². The zero-order valence-corrected chi connectivity index (χ0v) is 22.2. The summed E-state index contributed by atoms with van der Waals surface area (Å²) in [5.74, 6) is -2.33. The van der Waals surface area contributed by atoms with Crippen molar-refractivity contribution in [3.05, 3.63) is 77.9 Å². The highest BCUT2D eigenvalue weighted by Gasteiger charge is 2.66. The topological polar surface area (TPSA) is 102 Å². The molecule has 1 saturated carbocycles. The first kappa shape index (κ1) is 26.8. The number of aromatic nitrogens is 2. The number of carboxylic acid groups (broad SMARTS) is 1. The molecule has 2 aliphatic heterocycles. The Labute approximate surface area is 233 Å². The minimum atomic E-state index is -5.08. The lowest BCUT2D eigenvalue weighted by atomic mass is 9.91. The van der Waals surface area contributed by atoms with Gasteiger partial charge in [-0.15, -0.1) is 0 Å². The second-order valence-corrected chi connectivity index (χ2v) is 10.6. The summed E-state index contributed by atoms with van der Waals surface area (Å²) < 4.78 is 31.7. The lowest BCUT2D eigenvalue weighted by Crippen LogP contribution is -2.43. The number of carbonyl (C=O) groups is 2. The summed E-state index contributed by atoms with van der Waals surface area (Å²) in [5.41, 5.74) is 7.39. The molecule has 7 rings (SSSR count). The molecule has 41 heavy (non-hydrogen) atoms. The number of aromatic amines is 1. The maximum Gasteiger partial charge on any atom is 0.490 e. The number of benzene rings is 3. The Balaban J connectivity index is 0.000000387. The summed E-state index contributed by atoms with van der Waals surface area (Å²) in [7, 11) is 1.89. The van der Waals surface area contributed by atoms with Crippen LogP contribution in [0.15, 0.2) is 66.7 Å². The van der Waals surface area contributed by atoms with Crippen molar-refractivity contribution in [1.29, 1.82) is 0 Å². The Hall–Kier alpha value is -4.38. The van der Waals surface area contributed by atoms with Crippen LogP contribution in [0, 0.1) is 0 Å². The van der Waals surface area contributed by atoms with Crippen molar-refractivity contribution in [2.24, 2.45) is 0 Å². The lowest BCUT2D eigenvalue weighted by molar-refractivity contribution is -0.192. The average molecular weight is 564 g/mol. The largest absolute Gasteiger partial charge is 0.490 e. The van der Waals surface area contributed by atoms with Crippen molar-refractivity contribution < 1.29 is 27.9 Å². The molecular weight excluding hydrogens is 535 g/mol. The Kier molecular flexibility index (Phi) is 6.49. The van der Waals surface area contributed by atoms with Crippen molar-refractivity contribution in [2.75, 3.05) is 43.0 Å². The van der Waals surface area contributed by atoms with Gasteiger partial charge in [0.15, 0.2) is 0 Å². The quantitative estimate of drug-likeness (QED) is 0.335. The molecule has 1 spiro atoms. The second kappa shape index (κ2) is 9.91. The highest BCUT2D eigenvalue weighted by atomic mass is 19.4. The number of para-hydroxylation sites is 1. The Morgan fingerprint density at radius 2 is 1.73 bits per heavy atom. The first-order chi connectivity index (χ1) is 19.6. The van der Waals surface area contributed by atoms with E-state index in [4.69, 9.17) is 9.90 Å². The fraction of sp³-hybridized carbons (Fsp3) is 0.300. The van der Waals surface area contributed by atoms with E-state index in [1.54, 1.807) is 0 Å². The molecule has 0 bridgehead atoms. The molecule has 3 aliphatic rings. The molecule has 212 valence electrons. The van der Waals surface area contributed by atoms with Gasteiger partial charge in [0, 0.05) is 61.5 Å². The van der Waals surface area contributed by atoms with E-state index in [9.17, 15) is 18.0 Å². The van der Waals surface area contributed by atoms with Crippen LogP contribution in [-0.4, -0.2) is 66.6 Å². The number of H-pyrrole nitrogens is 1. The van der Waals surface area contributed by atoms with Crippen LogP contribution < -0.4 is 15.1 Å². The maximum absolute atomic E-state index is 13.2. The molecule has 0 unspecified atom stereocenters. The van der Waals surface area contributed by atoms with E-state index in [1.807, 2.05) is 24.1 Å². The van der Waals surface area contributed by atoms with Crippen LogP contribution in [0.4, 0.5) is 24.5 Å². The summed E-state index contributed by atoms with van der Waals surface area (Å²) in [4.78, 5) is 26.4. The number of fused-ring (bicyclic) bond motifs is 3. The van der Waals surface area contributed by atoms with Gasteiger partial charge in [0.2, 0.25) is 5.91 Å². The van der Waals surface area contributed by atoms with Crippen molar-refractivity contribution in [3.63, 3.8) is 0 Å². The van der Waals surface area contributed by atoms with Crippen molar-refractivity contribution in [2.45, 2.75) is 23.9 Å². The number of hydrogen-bond acceptors (Lipinski definition) is 5. The Morgan fingerprint density at radius 1 is 1.05 bits per heavy atom. The summed E-state index contributed by atoms with van der Waals surface area (Å²) in [6.07, 6.45) is -4.22. The van der Waals surface area contributed by atoms with E-state index in [0.717, 1.165) is 60.4 Å². The van der Waals surface area contributed by atoms with Crippen molar-refractivity contribution >= 4 is 34.2 Å². The van der Waals surface area contributed by atoms with Crippen LogP contribution in [0.5, 0.6) is 0 Å². The Morgan fingerprint density at radius 3 is 2.41 bits per heavy atom. The number of carbonyl (C=O) groups excluding carboxylic acids is 1. The third-order valence-electron chi connectivity index (χ3n) is 8.25. The number of rotatable bonds is 3. The molecule has 8 nitrogen and oxygen atoms in total. The van der Waals surface area contributed by atoms with Crippen LogP contribution >= 0.6 is 0 Å². The van der Waals surface area contributed by atoms with E-state index in [0.29, 0.717) is 0 Å². The number of hydrogen-bond donors (Lipinski definition) is 3. The first-order valence-electron chi connectivity index (χ1n) is 13.3. The summed E-state index contributed by atoms with van der Waals surface area (Å²) in [6, 6.07) is 23.5. The van der Waals surface area contributed by atoms with Gasteiger partial charge in [0.1, 0.15) is 0 Å². The molecule has 3 aromatic carbocycles. The van der Waals surface area contributed by atoms with Gasteiger partial charge in [-0.25, -0.2) is 4.79 Å². The van der Waals surface area contributed by atoms with E-state index in [1.165, 1.54) is 16.8 Å². The van der Waals surface area contributed by atoms with Gasteiger partial charge in [-0.05, 0) is 41.8 Å². The summed E-state index contributed by atoms with van der Waals surface area (Å²) in [6.45, 7) is 4.14. The number of nitrogens with zero attached hydrogens (tertiary/aromatic N) is 3. The normalized spacial score (nSPS) is 21.6. The number of likely N-dealkylation sites (N-methyl/N-ethyl adjacent to an activating group) is 1. The van der Waals surface area contributed by atoms with E-state index < -0.39 is 17.6 Å². The minimum absolute atomic E-state index is 0.209. The summed E-state index contributed by atoms with van der Waals surface area (Å²) in [5, 5.41) is 19.5. The smallest absolute Gasteiger partial charge is 0.475 e. The predicted molar refractivity (Wildman–Crippen MR) is 149 cm³/mol. The maximum atomic E-state index is 13.2. The molecule has 3 N–H and O–H groups in total. The lowest BCUT2D eigenvalue weighted by Gasteiger charge is -2.29. The van der Waals surface area contributed by atoms with Crippen molar-refractivity contribution in [1.82, 2.24) is 15.5 Å². The molecule has 1 aliphatic carbocycles. The van der Waals surface area contributed by atoms with Gasteiger partial charge in [-0.3, -0.25) is 9.89 Å². The number of anilines is 2. The van der Waals surface area contributed by atoms with Crippen molar-refractivity contribution in [3.8, 4) is 11.3 Å². The molecule has 2 fully saturated rings. The van der Waals surface area contributed by atoms with Crippen LogP contribution in [-0.2, 0) is 15.0 Å². The zero-order valence-electron chi connectivity index (χ0n) is 22.2. The fourth-order valence-corrected chi connectivity index (χ4v) is 6.09. The molecule has 1 amide bonds. The molecule has 11 heteroatoms. The molecule has 1 saturated heterocycles. The third kappa shape index (κ3) is 4.59. The van der Waals surface area contributed by atoms with Gasteiger partial charge in [-0.2, -0.15) is 18.3 Å². The van der Waals surface area contributed by atoms with Gasteiger partial charge in [-0.1, -0.05) is 42.5 Å². The number of amides is 1. The summed E-state index contributed by atoms with van der Waals surface area (Å²) >= 11 is 0. The van der Waals surface area contributed by atoms with Crippen LogP contribution in [0.1, 0.15) is 23.5 Å². The van der Waals surface area contributed by atoms with E-state index >= 15 is 0 Å². The highest BCUT2D eigenvalue weighted by molar-refractivity contribution is 6.11. The molecule has 3 heterocycles. The minimum Gasteiger partial charge on any atom is -0.475 e. The predicted octanol–water partition coefficient (Wildman–Crippen LogP) is 4.67. The number of aliphatic carboxylic acids is 1. The Bertz CT molecular complexity index is 1630. The van der Waals surface area contributed by atoms with Gasteiger partial charge in [0.05, 0.1) is 16.6 Å². The molecule has 1 aromatic heterocycles. The standard InChI is InChI=1S/C28H27N5O.C2HF3O2/c1-32-25-5-3-2-4-22(25)28(27(32)34)17-23(28)19-8-11-21-24(16-19)30-31-26(21)18-6-9-20(10-7-18)33-14-12-29-13-15-33;3-2(4,5)1(6)7/h2-11,16,23,29H,12-15,17H2,1H3,(H,30,31);(H,6,7)/t23-,28-;/m0./s1. The number of halogens is 3. The van der Waals surface area contributed by atoms with Crippen LogP contribution in [0.3, 0.4) is 0 Å². The first-order valence-corrected chi connectivity index (χ1v) is 13.3. The van der Waals surface area contributed by atoms with Crippen LogP contribution in [0.2, 0.25) is 0 Å². The number of alkyl halides is 3. The molecule has 0 radical (unpaired) electrons. The highest BCUT2D eigenvalue weighted by Crippen LogP contribution is 2.66. The second-order valence-electron chi connectivity index (χ2n) is 10.6. The van der Waals surface area contributed by atoms with E-state index in [2.05, 4.69) is 75.0 Å². The van der Waals surface area contributed by atoms with E-state index in [-0.39, 0.29) is 11.8 Å². The average Bonchev–Trinajstić information content (AvgIpc) is 3.54. The zero-order chi connectivity index (χ0) is 28.9. The molecular formula is C30H28F3N5O3. The van der Waals surface area contributed by atoms with Gasteiger partial charge in [0.25, 0.3) is 0 Å². The molecule has 4 aromatic rings. The SMILES string of the molecule is CN1C(=O)[C@@]2(C[C@H]2c2ccc3c(-c4ccc(N5CCNCC5)cc4)n[nH]c3c2)c2ccccc21.O=C(O)C(F)(F)F. The monoisotopic (exact) mass is 563 g/mol. The number of piperazine rings is 1. The fourth-order valence-electron chi connectivity index (χ4n) is 6.09. The number of nitrogens with one attached hydrogen (secondary N) is 2. The number of carboxylic acids is 1. The van der Waals surface area contributed by atoms with Gasteiger partial charge >= 0.3 is 12.1 Å². The van der Waals surface area contributed by atoms with Gasteiger partial charge < -0.3 is 20.2 Å². The third-order valence-corrected chi connectivity index (χ3v) is 8.25. The molecule has 2 atom stereocenters.